The van der Waals surface area contributed by atoms with Crippen molar-refractivity contribution < 1.29 is 27.8 Å². The zero-order valence-electron chi connectivity index (χ0n) is 13.1. The average Bonchev–Trinajstić information content (AvgIpc) is 2.60. The molecule has 9 nitrogen and oxygen atoms in total. The van der Waals surface area contributed by atoms with Crippen molar-refractivity contribution in [3.63, 3.8) is 0 Å². The first kappa shape index (κ1) is 18.6. The molecular formula is C14H19N2O7S-. The molecule has 0 unspecified atom stereocenters. The monoisotopic (exact) mass is 359 g/mol. The Morgan fingerprint density at radius 1 is 1.38 bits per heavy atom. The van der Waals surface area contributed by atoms with Gasteiger partial charge in [0.15, 0.2) is 5.60 Å². The summed E-state index contributed by atoms with van der Waals surface area (Å²) in [4.78, 5) is 11.4. The van der Waals surface area contributed by atoms with Gasteiger partial charge in [-0.3, -0.25) is 0 Å². The van der Waals surface area contributed by atoms with Crippen LogP contribution in [0.1, 0.15) is 12.8 Å². The van der Waals surface area contributed by atoms with Crippen LogP contribution in [0, 0.1) is 5.21 Å². The van der Waals surface area contributed by atoms with Crippen LogP contribution in [0.2, 0.25) is 0 Å². The number of piperidine rings is 1. The van der Waals surface area contributed by atoms with Gasteiger partial charge in [0.1, 0.15) is 11.7 Å². The highest BCUT2D eigenvalue weighted by Gasteiger charge is 2.45. The van der Waals surface area contributed by atoms with Crippen molar-refractivity contribution in [1.29, 1.82) is 0 Å². The fourth-order valence-electron chi connectivity index (χ4n) is 2.59. The summed E-state index contributed by atoms with van der Waals surface area (Å²) in [6, 6.07) is 5.76. The van der Waals surface area contributed by atoms with Gasteiger partial charge in [0.05, 0.1) is 0 Å². The number of carbonyl (C=O) groups is 1. The number of ether oxygens (including phenoxy) is 2. The summed E-state index contributed by atoms with van der Waals surface area (Å²) in [5, 5.41) is 20.4. The van der Waals surface area contributed by atoms with Crippen molar-refractivity contribution in [3.05, 3.63) is 29.5 Å². The number of carboxylic acids is 1. The molecule has 2 rings (SSSR count). The maximum absolute atomic E-state index is 12.7. The van der Waals surface area contributed by atoms with Crippen molar-refractivity contribution >= 4 is 21.7 Å². The van der Waals surface area contributed by atoms with Crippen molar-refractivity contribution in [1.82, 2.24) is 4.31 Å². The molecule has 1 fully saturated rings. The second-order valence-electron chi connectivity index (χ2n) is 5.35. The molecule has 134 valence electrons. The fraction of sp³-hybridized carbons (Fsp3) is 0.500. The number of para-hydroxylation sites is 1. The first-order valence-corrected chi connectivity index (χ1v) is 8.65. The van der Waals surface area contributed by atoms with Crippen LogP contribution >= 0.6 is 0 Å². The number of aliphatic carboxylic acids is 1. The average molecular weight is 359 g/mol. The molecule has 24 heavy (non-hydrogen) atoms. The van der Waals surface area contributed by atoms with E-state index in [0.29, 0.717) is 0 Å². The Bertz CT molecular complexity index is 684. The fourth-order valence-corrected chi connectivity index (χ4v) is 4.17. The summed E-state index contributed by atoms with van der Waals surface area (Å²) in [5.74, 6) is -1.15. The molecule has 1 heterocycles. The van der Waals surface area contributed by atoms with E-state index in [1.54, 1.807) is 11.5 Å². The number of anilines is 1. The van der Waals surface area contributed by atoms with Crippen molar-refractivity contribution in [3.8, 4) is 0 Å². The van der Waals surface area contributed by atoms with Crippen molar-refractivity contribution in [2.75, 3.05) is 32.5 Å². The first-order valence-electron chi connectivity index (χ1n) is 7.21. The van der Waals surface area contributed by atoms with Crippen LogP contribution < -0.4 is 5.48 Å². The number of methoxy groups -OCH3 is 1. The normalized spacial score (nSPS) is 18.2. The highest BCUT2D eigenvalue weighted by Crippen LogP contribution is 2.32. The summed E-state index contributed by atoms with van der Waals surface area (Å²) in [6.45, 7) is -0.265. The predicted molar refractivity (Wildman–Crippen MR) is 84.8 cm³/mol. The Morgan fingerprint density at radius 3 is 2.54 bits per heavy atom. The zero-order chi connectivity index (χ0) is 17.8. The molecule has 0 amide bonds. The van der Waals surface area contributed by atoms with Gasteiger partial charge in [0, 0.05) is 38.7 Å². The van der Waals surface area contributed by atoms with E-state index in [0.717, 1.165) is 4.31 Å². The molecule has 1 aromatic carbocycles. The minimum atomic E-state index is -3.91. The molecule has 0 spiro atoms. The molecular weight excluding hydrogens is 340 g/mol. The number of carboxylic acid groups (broad SMARTS) is 1. The Labute approximate surface area is 139 Å². The van der Waals surface area contributed by atoms with Crippen molar-refractivity contribution in [2.24, 2.45) is 0 Å². The Hall–Kier alpha value is -1.72. The number of rotatable bonds is 7. The van der Waals surface area contributed by atoms with E-state index in [-0.39, 0.29) is 43.3 Å². The number of nitrogens with zero attached hydrogens (tertiary/aromatic N) is 1. The Kier molecular flexibility index (Phi) is 5.78. The lowest BCUT2D eigenvalue weighted by Gasteiger charge is -2.37. The maximum Gasteiger partial charge on any atom is 0.336 e. The third kappa shape index (κ3) is 3.52. The number of hydrogen-bond donors (Lipinski definition) is 2. The van der Waals surface area contributed by atoms with Crippen LogP contribution in [-0.2, 0) is 24.3 Å². The summed E-state index contributed by atoms with van der Waals surface area (Å²) in [7, 11) is -2.53. The van der Waals surface area contributed by atoms with E-state index in [9.17, 15) is 23.5 Å². The van der Waals surface area contributed by atoms with Crippen LogP contribution in [0.3, 0.4) is 0 Å². The molecule has 0 bridgehead atoms. The van der Waals surface area contributed by atoms with Gasteiger partial charge in [0.25, 0.3) is 0 Å². The molecule has 0 aromatic heterocycles. The highest BCUT2D eigenvalue weighted by atomic mass is 32.2. The lowest BCUT2D eigenvalue weighted by Crippen LogP contribution is -2.52. The van der Waals surface area contributed by atoms with Gasteiger partial charge in [-0.2, -0.15) is 4.31 Å². The molecule has 1 aliphatic rings. The zero-order valence-corrected chi connectivity index (χ0v) is 13.9. The van der Waals surface area contributed by atoms with Gasteiger partial charge >= 0.3 is 5.97 Å². The summed E-state index contributed by atoms with van der Waals surface area (Å²) in [6.07, 6.45) is -0.0320. The van der Waals surface area contributed by atoms with Gasteiger partial charge < -0.3 is 25.3 Å². The topological polar surface area (TPSA) is 128 Å². The van der Waals surface area contributed by atoms with E-state index in [1.165, 1.54) is 25.3 Å². The molecule has 1 aromatic rings. The number of benzene rings is 1. The number of nitrogens with one attached hydrogen (secondary N) is 1. The third-order valence-electron chi connectivity index (χ3n) is 3.99. The summed E-state index contributed by atoms with van der Waals surface area (Å²) >= 11 is 0. The van der Waals surface area contributed by atoms with Crippen LogP contribution in [0.5, 0.6) is 0 Å². The minimum absolute atomic E-state index is 0.0160. The van der Waals surface area contributed by atoms with Crippen LogP contribution in [0.4, 0.5) is 5.69 Å². The van der Waals surface area contributed by atoms with E-state index >= 15 is 0 Å². The number of hydrogen-bond acceptors (Lipinski definition) is 7. The Balaban J connectivity index is 2.20. The summed E-state index contributed by atoms with van der Waals surface area (Å²) < 4.78 is 36.6. The van der Waals surface area contributed by atoms with Gasteiger partial charge in [-0.05, 0) is 12.1 Å². The van der Waals surface area contributed by atoms with Gasteiger partial charge in [-0.15, -0.1) is 0 Å². The molecule has 1 aliphatic heterocycles. The van der Waals surface area contributed by atoms with Gasteiger partial charge in [0.2, 0.25) is 10.0 Å². The van der Waals surface area contributed by atoms with Crippen LogP contribution in [-0.4, -0.2) is 56.4 Å². The van der Waals surface area contributed by atoms with Crippen LogP contribution in [0.25, 0.3) is 0 Å². The lowest BCUT2D eigenvalue weighted by molar-refractivity contribution is -0.188. The minimum Gasteiger partial charge on any atom is -0.761 e. The molecule has 0 radical (unpaired) electrons. The molecule has 0 saturated carbocycles. The van der Waals surface area contributed by atoms with Crippen LogP contribution in [0.15, 0.2) is 29.2 Å². The largest absolute Gasteiger partial charge is 0.761 e. The second-order valence-corrected chi connectivity index (χ2v) is 7.26. The van der Waals surface area contributed by atoms with E-state index in [1.807, 2.05) is 0 Å². The molecule has 2 N–H and O–H groups in total. The molecule has 0 atom stereocenters. The standard InChI is InChI=1S/C14H19N2O7S/c1-22-10-23-14(13(17)18)6-8-16(9-7-14)24(20,21)12-5-3-2-4-11(12)15-19/h2-5,15H,6-10H2,1H3,(H,17,18)/q-1. The smallest absolute Gasteiger partial charge is 0.336 e. The molecule has 1 saturated heterocycles. The second kappa shape index (κ2) is 7.45. The first-order chi connectivity index (χ1) is 11.4. The van der Waals surface area contributed by atoms with Gasteiger partial charge in [-0.1, -0.05) is 12.1 Å². The number of sulfonamides is 1. The molecule has 0 aliphatic carbocycles. The Morgan fingerprint density at radius 2 is 2.00 bits per heavy atom. The van der Waals surface area contributed by atoms with Gasteiger partial charge in [-0.25, -0.2) is 13.2 Å². The van der Waals surface area contributed by atoms with E-state index in [4.69, 9.17) is 9.47 Å². The third-order valence-corrected chi connectivity index (χ3v) is 5.94. The summed E-state index contributed by atoms with van der Waals surface area (Å²) in [5.41, 5.74) is 0.0855. The highest BCUT2D eigenvalue weighted by molar-refractivity contribution is 7.89. The predicted octanol–water partition coefficient (Wildman–Crippen LogP) is 0.825. The lowest BCUT2D eigenvalue weighted by atomic mass is 9.92. The van der Waals surface area contributed by atoms with E-state index in [2.05, 4.69) is 0 Å². The van der Waals surface area contributed by atoms with E-state index < -0.39 is 21.6 Å². The quantitative estimate of drug-likeness (QED) is 0.541. The molecule has 10 heteroatoms. The maximum atomic E-state index is 12.7. The van der Waals surface area contributed by atoms with Crippen molar-refractivity contribution in [2.45, 2.75) is 23.3 Å². The SMILES string of the molecule is COCOC1(C(=O)O)CCN(S(=O)(=O)c2ccccc2N[O-])CC1.